The zero-order valence-electron chi connectivity index (χ0n) is 15.1. The Bertz CT molecular complexity index is 822. The lowest BCUT2D eigenvalue weighted by atomic mass is 10.1. The van der Waals surface area contributed by atoms with E-state index in [4.69, 9.17) is 4.74 Å². The van der Waals surface area contributed by atoms with Crippen LogP contribution in [-0.2, 0) is 17.6 Å². The number of rotatable bonds is 10. The summed E-state index contributed by atoms with van der Waals surface area (Å²) in [7, 11) is 0. The molecule has 1 heterocycles. The molecule has 0 radical (unpaired) electrons. The number of benzene rings is 2. The van der Waals surface area contributed by atoms with Crippen LogP contribution in [0.25, 0.3) is 0 Å². The summed E-state index contributed by atoms with van der Waals surface area (Å²) in [6.45, 7) is 0.512. The second kappa shape index (κ2) is 10.4. The molecule has 0 spiro atoms. The van der Waals surface area contributed by atoms with E-state index in [0.29, 0.717) is 24.6 Å². The van der Waals surface area contributed by atoms with Crippen molar-refractivity contribution < 1.29 is 9.53 Å². The Morgan fingerprint density at radius 3 is 2.44 bits per heavy atom. The van der Waals surface area contributed by atoms with Crippen molar-refractivity contribution in [3.8, 4) is 5.75 Å². The van der Waals surface area contributed by atoms with Crippen LogP contribution < -0.4 is 10.1 Å². The zero-order chi connectivity index (χ0) is 18.7. The van der Waals surface area contributed by atoms with Crippen LogP contribution >= 0.6 is 11.3 Å². The van der Waals surface area contributed by atoms with Gasteiger partial charge in [-0.3, -0.25) is 4.79 Å². The molecule has 1 amide bonds. The fourth-order valence-corrected chi connectivity index (χ4v) is 3.41. The van der Waals surface area contributed by atoms with Crippen LogP contribution in [0.15, 0.2) is 60.7 Å². The zero-order valence-corrected chi connectivity index (χ0v) is 16.0. The van der Waals surface area contributed by atoms with Crippen LogP contribution in [0, 0.1) is 0 Å². The molecular formula is C21H23N3O2S. The van der Waals surface area contributed by atoms with Gasteiger partial charge in [-0.2, -0.15) is 0 Å². The Morgan fingerprint density at radius 2 is 1.67 bits per heavy atom. The maximum atomic E-state index is 12.0. The molecule has 140 valence electrons. The summed E-state index contributed by atoms with van der Waals surface area (Å²) in [5.41, 5.74) is 1.33. The average Bonchev–Trinajstić information content (AvgIpc) is 3.14. The number of anilines is 1. The Hall–Kier alpha value is -2.73. The van der Waals surface area contributed by atoms with Crippen molar-refractivity contribution in [3.63, 3.8) is 0 Å². The van der Waals surface area contributed by atoms with E-state index < -0.39 is 0 Å². The van der Waals surface area contributed by atoms with Crippen molar-refractivity contribution in [3.05, 3.63) is 71.2 Å². The summed E-state index contributed by atoms with van der Waals surface area (Å²) in [6, 6.07) is 20.0. The molecule has 1 N–H and O–H groups in total. The van der Waals surface area contributed by atoms with Crippen LogP contribution in [0.5, 0.6) is 5.75 Å². The van der Waals surface area contributed by atoms with Crippen LogP contribution in [0.2, 0.25) is 0 Å². The van der Waals surface area contributed by atoms with Crippen LogP contribution in [0.3, 0.4) is 0 Å². The van der Waals surface area contributed by atoms with E-state index in [-0.39, 0.29) is 5.91 Å². The van der Waals surface area contributed by atoms with E-state index in [1.54, 1.807) is 0 Å². The fraction of sp³-hybridized carbons (Fsp3) is 0.286. The molecule has 2 aromatic carbocycles. The van der Waals surface area contributed by atoms with Gasteiger partial charge in [0.2, 0.25) is 11.0 Å². The molecule has 0 fully saturated rings. The second-order valence-corrected chi connectivity index (χ2v) is 7.22. The van der Waals surface area contributed by atoms with E-state index in [9.17, 15) is 4.79 Å². The second-order valence-electron chi connectivity index (χ2n) is 6.15. The molecule has 0 unspecified atom stereocenters. The standard InChI is InChI=1S/C21H23N3O2S/c25-19(14-8-16-26-18-12-5-2-6-13-18)22-21-24-23-20(27-21)15-7-11-17-9-3-1-4-10-17/h1-6,9-10,12-13H,7-8,11,14-16H2,(H,22,24,25). The third kappa shape index (κ3) is 6.83. The van der Waals surface area contributed by atoms with E-state index >= 15 is 0 Å². The molecular weight excluding hydrogens is 358 g/mol. The number of nitrogens with zero attached hydrogens (tertiary/aromatic N) is 2. The van der Waals surface area contributed by atoms with Crippen molar-refractivity contribution >= 4 is 22.4 Å². The van der Waals surface area contributed by atoms with Gasteiger partial charge in [-0.05, 0) is 37.0 Å². The Labute approximate surface area is 163 Å². The molecule has 0 aliphatic rings. The summed E-state index contributed by atoms with van der Waals surface area (Å²) in [5.74, 6) is 0.765. The summed E-state index contributed by atoms with van der Waals surface area (Å²) >= 11 is 1.45. The number of ether oxygens (including phenoxy) is 1. The Kier molecular flexibility index (Phi) is 7.35. The molecule has 0 saturated carbocycles. The number of hydrogen-bond acceptors (Lipinski definition) is 5. The van der Waals surface area contributed by atoms with Crippen molar-refractivity contribution in [2.24, 2.45) is 0 Å². The smallest absolute Gasteiger partial charge is 0.226 e. The lowest BCUT2D eigenvalue weighted by molar-refractivity contribution is -0.116. The lowest BCUT2D eigenvalue weighted by Crippen LogP contribution is -2.12. The van der Waals surface area contributed by atoms with E-state index in [0.717, 1.165) is 30.0 Å². The van der Waals surface area contributed by atoms with Crippen LogP contribution in [0.1, 0.15) is 29.8 Å². The predicted molar refractivity (Wildman–Crippen MR) is 108 cm³/mol. The number of carbonyl (C=O) groups excluding carboxylic acids is 1. The van der Waals surface area contributed by atoms with Crippen molar-refractivity contribution in [2.75, 3.05) is 11.9 Å². The number of nitrogens with one attached hydrogen (secondary N) is 1. The van der Waals surface area contributed by atoms with Crippen molar-refractivity contribution in [2.45, 2.75) is 32.1 Å². The van der Waals surface area contributed by atoms with Gasteiger partial charge >= 0.3 is 0 Å². The molecule has 6 heteroatoms. The van der Waals surface area contributed by atoms with E-state index in [1.165, 1.54) is 16.9 Å². The van der Waals surface area contributed by atoms with Crippen molar-refractivity contribution in [1.82, 2.24) is 10.2 Å². The average molecular weight is 382 g/mol. The van der Waals surface area contributed by atoms with Gasteiger partial charge in [0.1, 0.15) is 10.8 Å². The number of aryl methyl sites for hydroxylation is 2. The predicted octanol–water partition coefficient (Wildman–Crippen LogP) is 4.51. The highest BCUT2D eigenvalue weighted by molar-refractivity contribution is 7.15. The molecule has 3 rings (SSSR count). The number of amides is 1. The molecule has 3 aromatic rings. The highest BCUT2D eigenvalue weighted by atomic mass is 32.1. The molecule has 1 aromatic heterocycles. The van der Waals surface area contributed by atoms with Gasteiger partial charge in [0, 0.05) is 12.8 Å². The monoisotopic (exact) mass is 381 g/mol. The van der Waals surface area contributed by atoms with Gasteiger partial charge in [-0.1, -0.05) is 59.9 Å². The van der Waals surface area contributed by atoms with Gasteiger partial charge in [0.05, 0.1) is 6.61 Å². The maximum Gasteiger partial charge on any atom is 0.226 e. The van der Waals surface area contributed by atoms with E-state index in [2.05, 4.69) is 39.8 Å². The largest absolute Gasteiger partial charge is 0.494 e. The minimum absolute atomic E-state index is 0.0568. The summed E-state index contributed by atoms with van der Waals surface area (Å²) in [5, 5.41) is 12.6. The molecule has 5 nitrogen and oxygen atoms in total. The minimum atomic E-state index is -0.0568. The first-order chi connectivity index (χ1) is 13.3. The number of hydrogen-bond donors (Lipinski definition) is 1. The first kappa shape index (κ1) is 19.0. The topological polar surface area (TPSA) is 64.1 Å². The summed E-state index contributed by atoms with van der Waals surface area (Å²) in [4.78, 5) is 12.0. The summed E-state index contributed by atoms with van der Waals surface area (Å²) in [6.07, 6.45) is 3.96. The van der Waals surface area contributed by atoms with E-state index in [1.807, 2.05) is 36.4 Å². The van der Waals surface area contributed by atoms with Gasteiger partial charge in [-0.25, -0.2) is 0 Å². The third-order valence-electron chi connectivity index (χ3n) is 3.97. The summed E-state index contributed by atoms with van der Waals surface area (Å²) < 4.78 is 5.59. The molecule has 0 atom stereocenters. The van der Waals surface area contributed by atoms with Gasteiger partial charge in [0.15, 0.2) is 0 Å². The molecule has 0 saturated heterocycles. The first-order valence-electron chi connectivity index (χ1n) is 9.13. The third-order valence-corrected chi connectivity index (χ3v) is 4.87. The van der Waals surface area contributed by atoms with Crippen molar-refractivity contribution in [1.29, 1.82) is 0 Å². The highest BCUT2D eigenvalue weighted by Gasteiger charge is 2.08. The lowest BCUT2D eigenvalue weighted by Gasteiger charge is -2.05. The SMILES string of the molecule is O=C(CCCOc1ccccc1)Nc1nnc(CCCc2ccccc2)s1. The highest BCUT2D eigenvalue weighted by Crippen LogP contribution is 2.18. The van der Waals surface area contributed by atoms with Gasteiger partial charge in [0.25, 0.3) is 0 Å². The molecule has 27 heavy (non-hydrogen) atoms. The molecule has 0 aliphatic heterocycles. The maximum absolute atomic E-state index is 12.0. The number of aromatic nitrogens is 2. The number of para-hydroxylation sites is 1. The molecule has 0 aliphatic carbocycles. The Balaban J connectivity index is 1.32. The normalized spacial score (nSPS) is 10.5. The fourth-order valence-electron chi connectivity index (χ4n) is 2.61. The van der Waals surface area contributed by atoms with Gasteiger partial charge in [-0.15, -0.1) is 10.2 Å². The van der Waals surface area contributed by atoms with Gasteiger partial charge < -0.3 is 10.1 Å². The molecule has 0 bridgehead atoms. The first-order valence-corrected chi connectivity index (χ1v) is 9.95. The quantitative estimate of drug-likeness (QED) is 0.525. The number of carbonyl (C=O) groups is 1. The van der Waals surface area contributed by atoms with Crippen LogP contribution in [0.4, 0.5) is 5.13 Å². The Morgan fingerprint density at radius 1 is 0.926 bits per heavy atom. The minimum Gasteiger partial charge on any atom is -0.494 e. The van der Waals surface area contributed by atoms with Crippen LogP contribution in [-0.4, -0.2) is 22.7 Å².